The molecule has 1 heterocycles. The molecule has 132 valence electrons. The Labute approximate surface area is 142 Å². The molecule has 0 unspecified atom stereocenters. The van der Waals surface area contributed by atoms with E-state index in [9.17, 15) is 14.7 Å². The molecule has 5 heteroatoms. The maximum Gasteiger partial charge on any atom is 0.309 e. The van der Waals surface area contributed by atoms with Crippen LogP contribution in [0.1, 0.15) is 74.7 Å². The zero-order valence-electron chi connectivity index (χ0n) is 15.0. The van der Waals surface area contributed by atoms with Crippen LogP contribution in [0.15, 0.2) is 10.7 Å². The third kappa shape index (κ3) is 2.17. The molecule has 0 aliphatic heterocycles. The van der Waals surface area contributed by atoms with Crippen molar-refractivity contribution in [3.63, 3.8) is 0 Å². The lowest BCUT2D eigenvalue weighted by atomic mass is 9.51. The number of hydrogen-bond acceptors (Lipinski definition) is 5. The maximum absolute atomic E-state index is 13.0. The number of aryl methyl sites for hydroxylation is 1. The number of aliphatic hydroxyl groups is 1. The molecular weight excluding hydrogens is 308 g/mol. The van der Waals surface area contributed by atoms with Gasteiger partial charge in [-0.2, -0.15) is 0 Å². The fourth-order valence-corrected chi connectivity index (χ4v) is 4.33. The van der Waals surface area contributed by atoms with Gasteiger partial charge in [0.05, 0.1) is 17.8 Å². The first-order valence-corrected chi connectivity index (χ1v) is 8.66. The van der Waals surface area contributed by atoms with E-state index in [2.05, 4.69) is 0 Å². The van der Waals surface area contributed by atoms with Crippen molar-refractivity contribution in [1.82, 2.24) is 0 Å². The first-order valence-electron chi connectivity index (χ1n) is 8.66. The number of esters is 1. The Morgan fingerprint density at radius 3 is 2.71 bits per heavy atom. The van der Waals surface area contributed by atoms with Crippen molar-refractivity contribution < 1.29 is 23.8 Å². The smallest absolute Gasteiger partial charge is 0.309 e. The largest absolute Gasteiger partial charge is 0.461 e. The Balaban J connectivity index is 2.19. The molecule has 0 bridgehead atoms. The summed E-state index contributed by atoms with van der Waals surface area (Å²) in [6.07, 6.45) is 2.86. The average molecular weight is 334 g/mol. The number of Topliss-reactive ketones (excluding diaryl/α,β-unsaturated/α-hetero) is 1. The van der Waals surface area contributed by atoms with Crippen molar-refractivity contribution in [1.29, 1.82) is 0 Å². The van der Waals surface area contributed by atoms with Crippen LogP contribution < -0.4 is 0 Å². The van der Waals surface area contributed by atoms with Crippen LogP contribution in [-0.4, -0.2) is 22.5 Å². The number of carbonyl (C=O) groups is 2. The molecule has 1 N–H and O–H groups in total. The number of rotatable bonds is 2. The molecule has 0 saturated heterocycles. The van der Waals surface area contributed by atoms with Crippen molar-refractivity contribution in [2.45, 2.75) is 65.6 Å². The van der Waals surface area contributed by atoms with Gasteiger partial charge < -0.3 is 14.3 Å². The molecule has 5 nitrogen and oxygen atoms in total. The van der Waals surface area contributed by atoms with E-state index in [1.807, 2.05) is 13.8 Å². The van der Waals surface area contributed by atoms with Gasteiger partial charge in [0.15, 0.2) is 5.76 Å². The summed E-state index contributed by atoms with van der Waals surface area (Å²) >= 11 is 0. The molecule has 0 amide bonds. The molecule has 1 aromatic heterocycles. The van der Waals surface area contributed by atoms with Crippen LogP contribution in [0, 0.1) is 24.2 Å². The number of ether oxygens (including phenoxy) is 1. The second-order valence-electron chi connectivity index (χ2n) is 8.00. The van der Waals surface area contributed by atoms with E-state index in [1.54, 1.807) is 20.8 Å². The van der Waals surface area contributed by atoms with Crippen LogP contribution in [0.3, 0.4) is 0 Å². The Morgan fingerprint density at radius 1 is 1.42 bits per heavy atom. The Hall–Kier alpha value is -1.62. The fraction of sp³-hybridized carbons (Fsp3) is 0.684. The predicted octanol–water partition coefficient (Wildman–Crippen LogP) is 3.58. The topological polar surface area (TPSA) is 76.7 Å². The number of fused-ring (bicyclic) bond motifs is 2. The molecule has 4 atom stereocenters. The van der Waals surface area contributed by atoms with Gasteiger partial charge in [-0.25, -0.2) is 0 Å². The van der Waals surface area contributed by atoms with Crippen molar-refractivity contribution in [3.8, 4) is 0 Å². The van der Waals surface area contributed by atoms with Crippen LogP contribution in [0.4, 0.5) is 0 Å². The van der Waals surface area contributed by atoms with Gasteiger partial charge in [0.25, 0.3) is 0 Å². The molecule has 1 aromatic rings. The summed E-state index contributed by atoms with van der Waals surface area (Å²) in [6.45, 7) is 9.02. The number of hydrogen-bond donors (Lipinski definition) is 1. The fourth-order valence-electron chi connectivity index (χ4n) is 4.33. The summed E-state index contributed by atoms with van der Waals surface area (Å²) in [5.41, 5.74) is -0.570. The number of ketones is 1. The quantitative estimate of drug-likeness (QED) is 0.837. The SMILES string of the molecule is Cc1coc2c1[C@@H](OC(=O)C(C)C)[C@@]1(C)[C@H](CCC[C@@]1(C)O)C2=O. The molecule has 2 aliphatic rings. The van der Waals surface area contributed by atoms with Gasteiger partial charge in [0.1, 0.15) is 6.10 Å². The summed E-state index contributed by atoms with van der Waals surface area (Å²) in [6, 6.07) is 0. The molecule has 24 heavy (non-hydrogen) atoms. The molecule has 0 aromatic carbocycles. The highest BCUT2D eigenvalue weighted by molar-refractivity contribution is 5.99. The highest BCUT2D eigenvalue weighted by Gasteiger charge is 2.63. The van der Waals surface area contributed by atoms with Crippen LogP contribution in [0.25, 0.3) is 0 Å². The lowest BCUT2D eigenvalue weighted by Crippen LogP contribution is -2.59. The van der Waals surface area contributed by atoms with Crippen LogP contribution in [0.2, 0.25) is 0 Å². The van der Waals surface area contributed by atoms with Gasteiger partial charge in [-0.15, -0.1) is 0 Å². The molecule has 1 fully saturated rings. The minimum Gasteiger partial charge on any atom is -0.461 e. The van der Waals surface area contributed by atoms with Crippen molar-refractivity contribution >= 4 is 11.8 Å². The lowest BCUT2D eigenvalue weighted by Gasteiger charge is -2.55. The van der Waals surface area contributed by atoms with E-state index in [1.165, 1.54) is 6.26 Å². The minimum atomic E-state index is -1.10. The van der Waals surface area contributed by atoms with Gasteiger partial charge in [-0.3, -0.25) is 9.59 Å². The standard InChI is InChI=1S/C19H26O5/c1-10(2)17(21)24-16-13-11(3)9-23-15(13)14(20)12-7-6-8-18(4,22)19(12,16)5/h9-10,12,16,22H,6-8H2,1-5H3/t12-,16-,18-,19-/m1/s1. The third-order valence-corrected chi connectivity index (χ3v) is 6.12. The summed E-state index contributed by atoms with van der Waals surface area (Å²) in [7, 11) is 0. The lowest BCUT2D eigenvalue weighted by molar-refractivity contribution is -0.199. The van der Waals surface area contributed by atoms with Crippen molar-refractivity contribution in [2.24, 2.45) is 17.3 Å². The zero-order valence-corrected chi connectivity index (χ0v) is 15.0. The highest BCUT2D eigenvalue weighted by atomic mass is 16.5. The molecule has 0 radical (unpaired) electrons. The van der Waals surface area contributed by atoms with Crippen LogP contribution in [0.5, 0.6) is 0 Å². The predicted molar refractivity (Wildman–Crippen MR) is 87.5 cm³/mol. The summed E-state index contributed by atoms with van der Waals surface area (Å²) in [4.78, 5) is 25.3. The first kappa shape index (κ1) is 17.2. The van der Waals surface area contributed by atoms with E-state index < -0.39 is 23.0 Å². The molecular formula is C19H26O5. The molecule has 0 spiro atoms. The monoisotopic (exact) mass is 334 g/mol. The second-order valence-corrected chi connectivity index (χ2v) is 8.00. The van der Waals surface area contributed by atoms with Crippen molar-refractivity contribution in [3.05, 3.63) is 23.2 Å². The van der Waals surface area contributed by atoms with Gasteiger partial charge in [-0.1, -0.05) is 20.8 Å². The number of carbonyl (C=O) groups excluding carboxylic acids is 2. The highest BCUT2D eigenvalue weighted by Crippen LogP contribution is 2.61. The zero-order chi connectivity index (χ0) is 17.9. The molecule has 1 saturated carbocycles. The van der Waals surface area contributed by atoms with E-state index in [-0.39, 0.29) is 23.4 Å². The average Bonchev–Trinajstić information content (AvgIpc) is 2.87. The van der Waals surface area contributed by atoms with Crippen LogP contribution >= 0.6 is 0 Å². The Morgan fingerprint density at radius 2 is 2.08 bits per heavy atom. The summed E-state index contributed by atoms with van der Waals surface area (Å²) < 4.78 is 11.4. The Bertz CT molecular complexity index is 684. The first-order chi connectivity index (χ1) is 11.1. The van der Waals surface area contributed by atoms with Gasteiger partial charge >= 0.3 is 5.97 Å². The van der Waals surface area contributed by atoms with Crippen molar-refractivity contribution in [2.75, 3.05) is 0 Å². The normalized spacial score (nSPS) is 35.5. The number of furan rings is 1. The van der Waals surface area contributed by atoms with Gasteiger partial charge in [0.2, 0.25) is 5.78 Å². The van der Waals surface area contributed by atoms with E-state index in [0.29, 0.717) is 18.4 Å². The third-order valence-electron chi connectivity index (χ3n) is 6.12. The summed E-state index contributed by atoms with van der Waals surface area (Å²) in [5.74, 6) is -0.827. The maximum atomic E-state index is 13.0. The Kier molecular flexibility index (Phi) is 3.91. The second kappa shape index (κ2) is 5.45. The summed E-state index contributed by atoms with van der Waals surface area (Å²) in [5, 5.41) is 11.1. The van der Waals surface area contributed by atoms with Gasteiger partial charge in [-0.05, 0) is 38.7 Å². The molecule has 3 rings (SSSR count). The molecule has 2 aliphatic carbocycles. The van der Waals surface area contributed by atoms with E-state index in [4.69, 9.17) is 9.15 Å². The minimum absolute atomic E-state index is 0.0857. The van der Waals surface area contributed by atoms with E-state index >= 15 is 0 Å². The van der Waals surface area contributed by atoms with E-state index in [0.717, 1.165) is 12.0 Å². The van der Waals surface area contributed by atoms with Crippen LogP contribution in [-0.2, 0) is 9.53 Å². The van der Waals surface area contributed by atoms with Gasteiger partial charge in [0, 0.05) is 16.9 Å².